The summed E-state index contributed by atoms with van der Waals surface area (Å²) in [6.45, 7) is 9.44. The molecule has 8 aromatic carbocycles. The van der Waals surface area contributed by atoms with Crippen molar-refractivity contribution in [2.75, 3.05) is 0 Å². The molecular weight excluding hydrogens is 701 g/mol. The normalized spacial score (nSPS) is 14.1. The molecule has 0 radical (unpaired) electrons. The van der Waals surface area contributed by atoms with Crippen LogP contribution >= 0.6 is 0 Å². The van der Waals surface area contributed by atoms with Gasteiger partial charge in [0.1, 0.15) is 0 Å². The molecule has 0 atom stereocenters. The summed E-state index contributed by atoms with van der Waals surface area (Å²) < 4.78 is 0. The van der Waals surface area contributed by atoms with Crippen molar-refractivity contribution >= 4 is 10.8 Å². The molecule has 2 aliphatic carbocycles. The molecule has 2 aliphatic rings. The maximum absolute atomic E-state index is 5.37. The van der Waals surface area contributed by atoms with Gasteiger partial charge < -0.3 is 0 Å². The Balaban J connectivity index is 1.09. The smallest absolute Gasteiger partial charge is 0.160 e. The molecule has 0 amide bonds. The standard InChI is InChI=1S/C56H42N2/c1-55(2)46-27-15-25-41(35-17-7-5-8-18-35)52(46)43-30-29-39(33-48(43)55)40-23-13-14-24-42(40)50-34-51(58-54(57-50)36-19-9-6-10-20-36)44-26-16-28-47-53(44)45-31-37-21-11-12-22-38(37)32-49(45)56(47,3)4/h5-34H,1-4H3. The van der Waals surface area contributed by atoms with Gasteiger partial charge in [0, 0.05) is 27.5 Å². The molecule has 9 aromatic rings. The van der Waals surface area contributed by atoms with Crippen LogP contribution in [-0.2, 0) is 10.8 Å². The molecule has 276 valence electrons. The van der Waals surface area contributed by atoms with Gasteiger partial charge in [-0.05, 0) is 102 Å². The number of benzene rings is 8. The van der Waals surface area contributed by atoms with Gasteiger partial charge in [0.05, 0.1) is 11.4 Å². The summed E-state index contributed by atoms with van der Waals surface area (Å²) in [7, 11) is 0. The molecule has 2 heteroatoms. The van der Waals surface area contributed by atoms with Crippen LogP contribution in [0.25, 0.3) is 89.2 Å². The number of rotatable bonds is 5. The lowest BCUT2D eigenvalue weighted by atomic mass is 9.81. The predicted octanol–water partition coefficient (Wildman–Crippen LogP) is 14.6. The van der Waals surface area contributed by atoms with E-state index in [0.717, 1.165) is 39.5 Å². The maximum Gasteiger partial charge on any atom is 0.160 e. The van der Waals surface area contributed by atoms with Crippen molar-refractivity contribution in [3.05, 3.63) is 204 Å². The fourth-order valence-electron chi connectivity index (χ4n) is 9.90. The van der Waals surface area contributed by atoms with E-state index in [-0.39, 0.29) is 10.8 Å². The number of hydrogen-bond acceptors (Lipinski definition) is 2. The molecular formula is C56H42N2. The van der Waals surface area contributed by atoms with Crippen LogP contribution in [0.4, 0.5) is 0 Å². The van der Waals surface area contributed by atoms with E-state index in [4.69, 9.17) is 9.97 Å². The minimum Gasteiger partial charge on any atom is -0.228 e. The lowest BCUT2D eigenvalue weighted by Gasteiger charge is -2.22. The molecule has 0 N–H and O–H groups in total. The van der Waals surface area contributed by atoms with Crippen LogP contribution in [0.3, 0.4) is 0 Å². The number of nitrogens with zero attached hydrogens (tertiary/aromatic N) is 2. The zero-order chi connectivity index (χ0) is 39.2. The molecule has 1 aromatic heterocycles. The summed E-state index contributed by atoms with van der Waals surface area (Å²) >= 11 is 0. The third-order valence-corrected chi connectivity index (χ3v) is 12.9. The average molecular weight is 743 g/mol. The molecule has 0 fully saturated rings. The van der Waals surface area contributed by atoms with E-state index in [9.17, 15) is 0 Å². The average Bonchev–Trinajstić information content (AvgIpc) is 3.64. The number of aromatic nitrogens is 2. The summed E-state index contributed by atoms with van der Waals surface area (Å²) in [4.78, 5) is 10.7. The Morgan fingerprint density at radius 3 is 1.52 bits per heavy atom. The van der Waals surface area contributed by atoms with Gasteiger partial charge in [0.2, 0.25) is 0 Å². The van der Waals surface area contributed by atoms with Crippen molar-refractivity contribution in [3.8, 4) is 78.4 Å². The fraction of sp³-hybridized carbons (Fsp3) is 0.107. The molecule has 58 heavy (non-hydrogen) atoms. The van der Waals surface area contributed by atoms with Crippen molar-refractivity contribution in [2.24, 2.45) is 0 Å². The lowest BCUT2D eigenvalue weighted by molar-refractivity contribution is 0.660. The van der Waals surface area contributed by atoms with Gasteiger partial charge in [0.25, 0.3) is 0 Å². The summed E-state index contributed by atoms with van der Waals surface area (Å²) in [6, 6.07) is 66.2. The SMILES string of the molecule is CC1(C)c2cc(-c3ccccc3-c3cc(-c4cccc5c4-c4cc6ccccc6cc4C5(C)C)nc(-c4ccccc4)n3)ccc2-c2c(-c3ccccc3)cccc21. The molecule has 0 unspecified atom stereocenters. The maximum atomic E-state index is 5.37. The second-order valence-electron chi connectivity index (χ2n) is 17.0. The van der Waals surface area contributed by atoms with Crippen molar-refractivity contribution < 1.29 is 0 Å². The topological polar surface area (TPSA) is 25.8 Å². The first kappa shape index (κ1) is 34.4. The van der Waals surface area contributed by atoms with Gasteiger partial charge in [-0.15, -0.1) is 0 Å². The van der Waals surface area contributed by atoms with Gasteiger partial charge >= 0.3 is 0 Å². The zero-order valence-electron chi connectivity index (χ0n) is 33.2. The van der Waals surface area contributed by atoms with Crippen molar-refractivity contribution in [2.45, 2.75) is 38.5 Å². The molecule has 11 rings (SSSR count). The highest BCUT2D eigenvalue weighted by molar-refractivity contribution is 5.99. The molecule has 0 aliphatic heterocycles. The quantitative estimate of drug-likeness (QED) is 0.175. The molecule has 0 saturated heterocycles. The van der Waals surface area contributed by atoms with E-state index in [2.05, 4.69) is 204 Å². The second kappa shape index (κ2) is 12.8. The van der Waals surface area contributed by atoms with Crippen LogP contribution in [0, 0.1) is 0 Å². The van der Waals surface area contributed by atoms with E-state index in [1.165, 1.54) is 72.0 Å². The van der Waals surface area contributed by atoms with Crippen molar-refractivity contribution in [1.29, 1.82) is 0 Å². The highest BCUT2D eigenvalue weighted by atomic mass is 14.9. The third-order valence-electron chi connectivity index (χ3n) is 12.9. The summed E-state index contributed by atoms with van der Waals surface area (Å²) in [5.74, 6) is 0.718. The summed E-state index contributed by atoms with van der Waals surface area (Å²) in [5, 5.41) is 2.52. The fourth-order valence-corrected chi connectivity index (χ4v) is 9.90. The minimum atomic E-state index is -0.161. The Morgan fingerprint density at radius 2 is 0.828 bits per heavy atom. The highest BCUT2D eigenvalue weighted by Gasteiger charge is 2.39. The molecule has 0 bridgehead atoms. The monoisotopic (exact) mass is 742 g/mol. The Bertz CT molecular complexity index is 3100. The first-order valence-corrected chi connectivity index (χ1v) is 20.3. The van der Waals surface area contributed by atoms with Crippen LogP contribution < -0.4 is 0 Å². The van der Waals surface area contributed by atoms with E-state index >= 15 is 0 Å². The van der Waals surface area contributed by atoms with Gasteiger partial charge in [-0.3, -0.25) is 0 Å². The lowest BCUT2D eigenvalue weighted by Crippen LogP contribution is -2.15. The van der Waals surface area contributed by atoms with Crippen molar-refractivity contribution in [1.82, 2.24) is 9.97 Å². The first-order valence-electron chi connectivity index (χ1n) is 20.3. The molecule has 0 spiro atoms. The molecule has 0 saturated carbocycles. The molecule has 1 heterocycles. The molecule has 2 nitrogen and oxygen atoms in total. The van der Waals surface area contributed by atoms with Crippen LogP contribution in [0.1, 0.15) is 49.9 Å². The third kappa shape index (κ3) is 5.18. The van der Waals surface area contributed by atoms with Gasteiger partial charge in [-0.25, -0.2) is 9.97 Å². The van der Waals surface area contributed by atoms with Crippen LogP contribution in [-0.4, -0.2) is 9.97 Å². The zero-order valence-corrected chi connectivity index (χ0v) is 33.2. The Hall–Kier alpha value is -6.90. The van der Waals surface area contributed by atoms with Crippen molar-refractivity contribution in [3.63, 3.8) is 0 Å². The van der Waals surface area contributed by atoms with E-state index < -0.39 is 0 Å². The Kier molecular flexibility index (Phi) is 7.59. The Labute approximate surface area is 340 Å². The predicted molar refractivity (Wildman–Crippen MR) is 242 cm³/mol. The largest absolute Gasteiger partial charge is 0.228 e. The number of fused-ring (bicyclic) bond motifs is 7. The second-order valence-corrected chi connectivity index (χ2v) is 17.0. The van der Waals surface area contributed by atoms with E-state index in [0.29, 0.717) is 0 Å². The first-order chi connectivity index (χ1) is 28.3. The van der Waals surface area contributed by atoms with Crippen LogP contribution in [0.2, 0.25) is 0 Å². The summed E-state index contributed by atoms with van der Waals surface area (Å²) in [5.41, 5.74) is 20.2. The van der Waals surface area contributed by atoms with E-state index in [1.807, 2.05) is 6.07 Å². The number of hydrogen-bond donors (Lipinski definition) is 0. The van der Waals surface area contributed by atoms with Gasteiger partial charge in [0.15, 0.2) is 5.82 Å². The van der Waals surface area contributed by atoms with Gasteiger partial charge in [-0.1, -0.05) is 185 Å². The Morgan fingerprint density at radius 1 is 0.310 bits per heavy atom. The van der Waals surface area contributed by atoms with Gasteiger partial charge in [-0.2, -0.15) is 0 Å². The van der Waals surface area contributed by atoms with E-state index in [1.54, 1.807) is 0 Å². The van der Waals surface area contributed by atoms with Crippen LogP contribution in [0.5, 0.6) is 0 Å². The van der Waals surface area contributed by atoms with Crippen LogP contribution in [0.15, 0.2) is 182 Å². The minimum absolute atomic E-state index is 0.154. The highest BCUT2D eigenvalue weighted by Crippen LogP contribution is 2.55. The summed E-state index contributed by atoms with van der Waals surface area (Å²) in [6.07, 6.45) is 0.